The molecular formula is C20H27ClN4O4S2. The van der Waals surface area contributed by atoms with Gasteiger partial charge < -0.3 is 15.0 Å². The van der Waals surface area contributed by atoms with Crippen LogP contribution in [0.3, 0.4) is 0 Å². The van der Waals surface area contributed by atoms with E-state index in [1.807, 2.05) is 20.8 Å². The highest BCUT2D eigenvalue weighted by Gasteiger charge is 2.30. The van der Waals surface area contributed by atoms with Crippen molar-refractivity contribution in [1.29, 1.82) is 0 Å². The summed E-state index contributed by atoms with van der Waals surface area (Å²) in [6, 6.07) is 6.51. The quantitative estimate of drug-likeness (QED) is 0.637. The van der Waals surface area contributed by atoms with E-state index >= 15 is 0 Å². The van der Waals surface area contributed by atoms with Crippen LogP contribution in [-0.2, 0) is 21.3 Å². The zero-order valence-corrected chi connectivity index (χ0v) is 20.1. The van der Waals surface area contributed by atoms with Crippen LogP contribution in [0.1, 0.15) is 38.5 Å². The zero-order valence-electron chi connectivity index (χ0n) is 17.7. The fourth-order valence-corrected chi connectivity index (χ4v) is 5.59. The van der Waals surface area contributed by atoms with Crippen molar-refractivity contribution < 1.29 is 17.9 Å². The second-order valence-corrected chi connectivity index (χ2v) is 11.7. The lowest BCUT2D eigenvalue weighted by Crippen LogP contribution is -2.47. The summed E-state index contributed by atoms with van der Waals surface area (Å²) in [5.74, 6) is 0. The molecule has 11 heteroatoms. The molecule has 3 rings (SSSR count). The van der Waals surface area contributed by atoms with Gasteiger partial charge in [-0.15, -0.1) is 11.3 Å². The third-order valence-corrected chi connectivity index (χ3v) is 7.32. The number of carbonyl (C=O) groups excluding carboxylic acids is 1. The lowest BCUT2D eigenvalue weighted by Gasteiger charge is -2.33. The molecule has 0 atom stereocenters. The lowest BCUT2D eigenvalue weighted by atomic mass is 10.1. The number of ether oxygens (including phenoxy) is 1. The van der Waals surface area contributed by atoms with Gasteiger partial charge in [-0.3, -0.25) is 0 Å². The van der Waals surface area contributed by atoms with Gasteiger partial charge >= 0.3 is 6.09 Å². The Hall–Kier alpha value is -1.88. The minimum atomic E-state index is -3.74. The summed E-state index contributed by atoms with van der Waals surface area (Å²) >= 11 is 7.20. The Balaban J connectivity index is 1.61. The van der Waals surface area contributed by atoms with Crippen LogP contribution in [0.2, 0.25) is 4.47 Å². The van der Waals surface area contributed by atoms with Gasteiger partial charge in [0.25, 0.3) is 0 Å². The number of carbonyl (C=O) groups is 1. The number of nitrogens with one attached hydrogen (secondary N) is 2. The van der Waals surface area contributed by atoms with E-state index in [-0.39, 0.29) is 17.0 Å². The van der Waals surface area contributed by atoms with Crippen LogP contribution in [-0.4, -0.2) is 49.1 Å². The molecule has 1 amide bonds. The maximum atomic E-state index is 13.1. The Labute approximate surface area is 192 Å². The first-order valence-electron chi connectivity index (χ1n) is 9.97. The van der Waals surface area contributed by atoms with E-state index in [4.69, 9.17) is 16.3 Å². The zero-order chi connectivity index (χ0) is 22.6. The van der Waals surface area contributed by atoms with Gasteiger partial charge in [0.15, 0.2) is 4.47 Å². The first-order chi connectivity index (χ1) is 14.5. The maximum absolute atomic E-state index is 13.1. The number of aromatic nitrogens is 1. The summed E-state index contributed by atoms with van der Waals surface area (Å²) in [5.41, 5.74) is -0.0535. The predicted molar refractivity (Wildman–Crippen MR) is 122 cm³/mol. The van der Waals surface area contributed by atoms with Gasteiger partial charge in [0.1, 0.15) is 10.5 Å². The van der Waals surface area contributed by atoms with Crippen LogP contribution >= 0.6 is 22.9 Å². The molecule has 1 aromatic carbocycles. The summed E-state index contributed by atoms with van der Waals surface area (Å²) in [6.45, 7) is 6.76. The van der Waals surface area contributed by atoms with Gasteiger partial charge in [-0.1, -0.05) is 23.7 Å². The number of likely N-dealkylation sites (tertiary alicyclic amines) is 1. The molecule has 0 unspecified atom stereocenters. The first kappa shape index (κ1) is 23.8. The molecule has 170 valence electrons. The number of benzene rings is 1. The van der Waals surface area contributed by atoms with Crippen LogP contribution in [0.25, 0.3) is 0 Å². The minimum absolute atomic E-state index is 0.181. The molecule has 0 spiro atoms. The topological polar surface area (TPSA) is 101 Å². The van der Waals surface area contributed by atoms with Crippen molar-refractivity contribution in [2.45, 2.75) is 56.7 Å². The van der Waals surface area contributed by atoms with Crippen molar-refractivity contribution in [3.05, 3.63) is 39.8 Å². The standard InChI is InChI=1S/C20H27ClN4O4S2/c1-20(2,3)29-19(26)25-10-8-14(9-11-25)24-31(27,28)17-7-5-4-6-16(17)22-12-15-13-23-18(21)30-15/h4-7,13-14,22,24H,8-12H2,1-3H3. The molecule has 1 aromatic heterocycles. The highest BCUT2D eigenvalue weighted by atomic mass is 35.5. The molecule has 1 aliphatic rings. The van der Waals surface area contributed by atoms with Crippen molar-refractivity contribution >= 4 is 44.7 Å². The summed E-state index contributed by atoms with van der Waals surface area (Å²) in [4.78, 5) is 18.9. The van der Waals surface area contributed by atoms with Crippen LogP contribution in [0.15, 0.2) is 35.4 Å². The van der Waals surface area contributed by atoms with E-state index in [2.05, 4.69) is 15.0 Å². The van der Waals surface area contributed by atoms with Gasteiger partial charge in [-0.2, -0.15) is 0 Å². The van der Waals surface area contributed by atoms with Gasteiger partial charge in [0.05, 0.1) is 12.2 Å². The Morgan fingerprint density at radius 1 is 1.29 bits per heavy atom. The molecule has 0 radical (unpaired) electrons. The number of amides is 1. The molecule has 2 aromatic rings. The molecule has 1 fully saturated rings. The van der Waals surface area contributed by atoms with Crippen LogP contribution in [0.4, 0.5) is 10.5 Å². The van der Waals surface area contributed by atoms with Gasteiger partial charge in [0, 0.05) is 30.2 Å². The molecule has 0 bridgehead atoms. The predicted octanol–water partition coefficient (Wildman–Crippen LogP) is 4.09. The minimum Gasteiger partial charge on any atom is -0.444 e. The smallest absolute Gasteiger partial charge is 0.410 e. The first-order valence-corrected chi connectivity index (χ1v) is 12.6. The Morgan fingerprint density at radius 2 is 1.97 bits per heavy atom. The average molecular weight is 487 g/mol. The fourth-order valence-electron chi connectivity index (χ4n) is 3.18. The third-order valence-electron chi connectivity index (χ3n) is 4.62. The number of sulfonamides is 1. The molecule has 0 saturated carbocycles. The summed E-state index contributed by atoms with van der Waals surface area (Å²) in [6.07, 6.45) is 2.33. The van der Waals surface area contributed by atoms with Crippen molar-refractivity contribution in [3.63, 3.8) is 0 Å². The third kappa shape index (κ3) is 6.80. The van der Waals surface area contributed by atoms with Crippen LogP contribution < -0.4 is 10.0 Å². The molecule has 1 aliphatic heterocycles. The lowest BCUT2D eigenvalue weighted by molar-refractivity contribution is 0.0203. The largest absolute Gasteiger partial charge is 0.444 e. The Bertz CT molecular complexity index is 1010. The Morgan fingerprint density at radius 3 is 2.58 bits per heavy atom. The summed E-state index contributed by atoms with van der Waals surface area (Å²) in [7, 11) is -3.74. The molecule has 1 saturated heterocycles. The number of halogens is 1. The van der Waals surface area contributed by atoms with Crippen molar-refractivity contribution in [3.8, 4) is 0 Å². The van der Waals surface area contributed by atoms with E-state index in [0.29, 0.717) is 42.6 Å². The van der Waals surface area contributed by atoms with Crippen LogP contribution in [0, 0.1) is 0 Å². The molecule has 31 heavy (non-hydrogen) atoms. The number of para-hydroxylation sites is 1. The number of piperidine rings is 1. The molecule has 2 N–H and O–H groups in total. The number of anilines is 1. The van der Waals surface area contributed by atoms with E-state index in [0.717, 1.165) is 4.88 Å². The average Bonchev–Trinajstić information content (AvgIpc) is 3.11. The molecule has 8 nitrogen and oxygen atoms in total. The molecular weight excluding hydrogens is 460 g/mol. The molecule has 0 aliphatic carbocycles. The van der Waals surface area contributed by atoms with Gasteiger partial charge in [-0.05, 0) is 45.7 Å². The summed E-state index contributed by atoms with van der Waals surface area (Å²) < 4.78 is 34.7. The highest BCUT2D eigenvalue weighted by molar-refractivity contribution is 7.89. The monoisotopic (exact) mass is 486 g/mol. The van der Waals surface area contributed by atoms with Crippen molar-refractivity contribution in [2.24, 2.45) is 0 Å². The maximum Gasteiger partial charge on any atom is 0.410 e. The SMILES string of the molecule is CC(C)(C)OC(=O)N1CCC(NS(=O)(=O)c2ccccc2NCc2cnc(Cl)s2)CC1. The second-order valence-electron chi connectivity index (χ2n) is 8.29. The summed E-state index contributed by atoms with van der Waals surface area (Å²) in [5, 5.41) is 3.15. The van der Waals surface area contributed by atoms with Crippen LogP contribution in [0.5, 0.6) is 0 Å². The highest BCUT2D eigenvalue weighted by Crippen LogP contribution is 2.25. The molecule has 2 heterocycles. The second kappa shape index (κ2) is 9.72. The van der Waals surface area contributed by atoms with E-state index in [9.17, 15) is 13.2 Å². The van der Waals surface area contributed by atoms with E-state index in [1.54, 1.807) is 35.4 Å². The fraction of sp³-hybridized carbons (Fsp3) is 0.500. The van der Waals surface area contributed by atoms with E-state index in [1.165, 1.54) is 11.3 Å². The number of hydrogen-bond donors (Lipinski definition) is 2. The van der Waals surface area contributed by atoms with Gasteiger partial charge in [-0.25, -0.2) is 22.9 Å². The number of thiazole rings is 1. The Kier molecular flexibility index (Phi) is 7.46. The number of hydrogen-bond acceptors (Lipinski definition) is 7. The number of nitrogens with zero attached hydrogens (tertiary/aromatic N) is 2. The number of rotatable bonds is 6. The van der Waals surface area contributed by atoms with Crippen molar-refractivity contribution in [2.75, 3.05) is 18.4 Å². The normalized spacial score (nSPS) is 15.7. The van der Waals surface area contributed by atoms with E-state index < -0.39 is 15.6 Å². The van der Waals surface area contributed by atoms with Gasteiger partial charge in [0.2, 0.25) is 10.0 Å². The van der Waals surface area contributed by atoms with Crippen molar-refractivity contribution in [1.82, 2.24) is 14.6 Å².